The van der Waals surface area contributed by atoms with E-state index in [0.29, 0.717) is 0 Å². The van der Waals surface area contributed by atoms with Gasteiger partial charge >= 0.3 is 0 Å². The zero-order valence-corrected chi connectivity index (χ0v) is 15.5. The van der Waals surface area contributed by atoms with Crippen molar-refractivity contribution >= 4 is 29.3 Å². The molecule has 0 saturated carbocycles. The van der Waals surface area contributed by atoms with Gasteiger partial charge in [0.2, 0.25) is 0 Å². The van der Waals surface area contributed by atoms with Gasteiger partial charge in [0.25, 0.3) is 17.7 Å². The van der Waals surface area contributed by atoms with Crippen LogP contribution in [0.2, 0.25) is 5.02 Å². The number of hydrogen-bond acceptors (Lipinski definition) is 3. The van der Waals surface area contributed by atoms with Crippen LogP contribution in [-0.2, 0) is 4.79 Å². The molecule has 0 aromatic heterocycles. The summed E-state index contributed by atoms with van der Waals surface area (Å²) in [5.41, 5.74) is 4.37. The van der Waals surface area contributed by atoms with E-state index in [1.807, 2.05) is 0 Å². The van der Waals surface area contributed by atoms with Gasteiger partial charge in [0.1, 0.15) is 11.9 Å². The minimum Gasteiger partial charge on any atom is -0.340 e. The number of rotatable bonds is 5. The van der Waals surface area contributed by atoms with Gasteiger partial charge in [-0.05, 0) is 30.2 Å². The number of amides is 3. The van der Waals surface area contributed by atoms with Gasteiger partial charge in [0.05, 0.1) is 16.1 Å². The largest absolute Gasteiger partial charge is 0.340 e. The van der Waals surface area contributed by atoms with Gasteiger partial charge in [0, 0.05) is 0 Å². The fourth-order valence-corrected chi connectivity index (χ4v) is 2.53. The number of halogens is 2. The Balaban J connectivity index is 2.03. The highest BCUT2D eigenvalue weighted by atomic mass is 35.5. The van der Waals surface area contributed by atoms with E-state index in [1.165, 1.54) is 24.3 Å². The molecular weight excluding hydrogens is 373 g/mol. The van der Waals surface area contributed by atoms with Crippen molar-refractivity contribution in [1.82, 2.24) is 16.2 Å². The number of nitrogens with one attached hydrogen (secondary N) is 3. The summed E-state index contributed by atoms with van der Waals surface area (Å²) in [5.74, 6) is -2.95. The summed E-state index contributed by atoms with van der Waals surface area (Å²) in [5, 5.41) is 2.84. The smallest absolute Gasteiger partial charge is 0.272 e. The van der Waals surface area contributed by atoms with E-state index in [2.05, 4.69) is 16.2 Å². The summed E-state index contributed by atoms with van der Waals surface area (Å²) in [6.07, 6.45) is 0. The van der Waals surface area contributed by atoms with Gasteiger partial charge in [-0.25, -0.2) is 4.39 Å². The third-order valence-corrected chi connectivity index (χ3v) is 4.10. The summed E-state index contributed by atoms with van der Waals surface area (Å²) < 4.78 is 13.6. The van der Waals surface area contributed by atoms with Crippen LogP contribution in [0, 0.1) is 11.7 Å². The van der Waals surface area contributed by atoms with E-state index >= 15 is 0 Å². The minimum atomic E-state index is -0.935. The van der Waals surface area contributed by atoms with Crippen LogP contribution in [0.25, 0.3) is 0 Å². The Bertz CT molecular complexity index is 858. The van der Waals surface area contributed by atoms with Gasteiger partial charge in [-0.2, -0.15) is 0 Å². The lowest BCUT2D eigenvalue weighted by molar-refractivity contribution is -0.124. The average Bonchev–Trinajstić information content (AvgIpc) is 2.64. The zero-order valence-electron chi connectivity index (χ0n) is 14.8. The van der Waals surface area contributed by atoms with Crippen LogP contribution in [0.1, 0.15) is 34.6 Å². The van der Waals surface area contributed by atoms with Crippen molar-refractivity contribution < 1.29 is 18.8 Å². The van der Waals surface area contributed by atoms with Crippen LogP contribution in [0.5, 0.6) is 0 Å². The molecule has 0 spiro atoms. The molecule has 0 aliphatic carbocycles. The normalized spacial score (nSPS) is 11.6. The highest BCUT2D eigenvalue weighted by molar-refractivity contribution is 6.33. The molecule has 3 N–H and O–H groups in total. The molecule has 8 heteroatoms. The van der Waals surface area contributed by atoms with Crippen LogP contribution in [0.15, 0.2) is 48.5 Å². The summed E-state index contributed by atoms with van der Waals surface area (Å²) in [6.45, 7) is 3.46. The highest BCUT2D eigenvalue weighted by Crippen LogP contribution is 2.15. The van der Waals surface area contributed by atoms with Crippen molar-refractivity contribution in [3.05, 3.63) is 70.5 Å². The highest BCUT2D eigenvalue weighted by Gasteiger charge is 2.26. The molecule has 0 aliphatic rings. The molecule has 27 heavy (non-hydrogen) atoms. The fourth-order valence-electron chi connectivity index (χ4n) is 2.31. The van der Waals surface area contributed by atoms with Crippen LogP contribution in [-0.4, -0.2) is 23.8 Å². The summed E-state index contributed by atoms with van der Waals surface area (Å²) in [7, 11) is 0. The van der Waals surface area contributed by atoms with E-state index in [-0.39, 0.29) is 22.1 Å². The lowest BCUT2D eigenvalue weighted by Crippen LogP contribution is -2.54. The summed E-state index contributed by atoms with van der Waals surface area (Å²) in [4.78, 5) is 36.7. The second kappa shape index (κ2) is 9.14. The van der Waals surface area contributed by atoms with E-state index in [1.54, 1.807) is 32.0 Å². The molecule has 2 rings (SSSR count). The molecule has 0 radical (unpaired) electrons. The maximum atomic E-state index is 13.6. The van der Waals surface area contributed by atoms with Gasteiger partial charge in [0.15, 0.2) is 0 Å². The van der Waals surface area contributed by atoms with Crippen LogP contribution < -0.4 is 16.2 Å². The summed E-state index contributed by atoms with van der Waals surface area (Å²) >= 11 is 5.99. The second-order valence-electron chi connectivity index (χ2n) is 6.10. The lowest BCUT2D eigenvalue weighted by atomic mass is 10.0. The topological polar surface area (TPSA) is 87.3 Å². The summed E-state index contributed by atoms with van der Waals surface area (Å²) in [6, 6.07) is 10.9. The molecule has 2 aromatic carbocycles. The van der Waals surface area contributed by atoms with Gasteiger partial charge in [-0.3, -0.25) is 25.2 Å². The number of hydrogen-bond donors (Lipinski definition) is 3. The molecule has 0 saturated heterocycles. The van der Waals surface area contributed by atoms with E-state index in [9.17, 15) is 18.8 Å². The van der Waals surface area contributed by atoms with Crippen LogP contribution in [0.3, 0.4) is 0 Å². The first-order chi connectivity index (χ1) is 12.8. The molecule has 3 amide bonds. The third-order valence-electron chi connectivity index (χ3n) is 3.77. The molecule has 0 fully saturated rings. The number of benzene rings is 2. The predicted octanol–water partition coefficient (Wildman–Crippen LogP) is 2.69. The molecule has 1 atom stereocenters. The lowest BCUT2D eigenvalue weighted by Gasteiger charge is -2.22. The van der Waals surface area contributed by atoms with E-state index < -0.39 is 29.6 Å². The maximum Gasteiger partial charge on any atom is 0.272 e. The Hall–Kier alpha value is -2.93. The second-order valence-corrected chi connectivity index (χ2v) is 6.51. The first kappa shape index (κ1) is 20.4. The van der Waals surface area contributed by atoms with E-state index in [4.69, 9.17) is 11.6 Å². The van der Waals surface area contributed by atoms with Gasteiger partial charge in [-0.1, -0.05) is 49.7 Å². The Morgan fingerprint density at radius 2 is 1.48 bits per heavy atom. The van der Waals surface area contributed by atoms with Crippen molar-refractivity contribution in [2.45, 2.75) is 19.9 Å². The van der Waals surface area contributed by atoms with Crippen molar-refractivity contribution in [2.24, 2.45) is 5.92 Å². The number of carbonyl (C=O) groups excluding carboxylic acids is 3. The monoisotopic (exact) mass is 391 g/mol. The first-order valence-electron chi connectivity index (χ1n) is 8.21. The van der Waals surface area contributed by atoms with E-state index in [0.717, 1.165) is 6.07 Å². The molecule has 0 unspecified atom stereocenters. The molecule has 0 bridgehead atoms. The third kappa shape index (κ3) is 5.27. The SMILES string of the molecule is CC(C)[C@H](NC(=O)c1ccccc1Cl)C(=O)NNC(=O)c1ccccc1F. The Kier molecular flexibility index (Phi) is 6.90. The standard InChI is InChI=1S/C19H19ClFN3O3/c1-11(2)16(22-17(25)12-7-3-5-9-14(12)20)19(27)24-23-18(26)13-8-4-6-10-15(13)21/h3-11,16H,1-2H3,(H,22,25)(H,23,26)(H,24,27)/t16-/m0/s1. The average molecular weight is 392 g/mol. The Morgan fingerprint density at radius 3 is 2.07 bits per heavy atom. The molecule has 6 nitrogen and oxygen atoms in total. The Morgan fingerprint density at radius 1 is 0.889 bits per heavy atom. The molecular formula is C19H19ClFN3O3. The fraction of sp³-hybridized carbons (Fsp3) is 0.211. The van der Waals surface area contributed by atoms with Crippen LogP contribution in [0.4, 0.5) is 4.39 Å². The molecule has 0 heterocycles. The quantitative estimate of drug-likeness (QED) is 0.685. The van der Waals surface area contributed by atoms with Crippen molar-refractivity contribution in [2.75, 3.05) is 0 Å². The van der Waals surface area contributed by atoms with Gasteiger partial charge < -0.3 is 5.32 Å². The molecule has 142 valence electrons. The maximum absolute atomic E-state index is 13.6. The predicted molar refractivity (Wildman–Crippen MR) is 99.6 cm³/mol. The van der Waals surface area contributed by atoms with Crippen molar-refractivity contribution in [1.29, 1.82) is 0 Å². The van der Waals surface area contributed by atoms with Crippen molar-refractivity contribution in [3.63, 3.8) is 0 Å². The minimum absolute atomic E-state index is 0.209. The Labute approximate surface area is 161 Å². The molecule has 2 aromatic rings. The van der Waals surface area contributed by atoms with Crippen molar-refractivity contribution in [3.8, 4) is 0 Å². The van der Waals surface area contributed by atoms with Gasteiger partial charge in [-0.15, -0.1) is 0 Å². The molecule has 0 aliphatic heterocycles. The first-order valence-corrected chi connectivity index (χ1v) is 8.59. The van der Waals surface area contributed by atoms with Crippen LogP contribution >= 0.6 is 11.6 Å². The number of hydrazine groups is 1. The zero-order chi connectivity index (χ0) is 20.0. The number of carbonyl (C=O) groups is 3.